The Morgan fingerprint density at radius 3 is 2.62 bits per heavy atom. The highest BCUT2D eigenvalue weighted by atomic mass is 32.2. The predicted molar refractivity (Wildman–Crippen MR) is 143 cm³/mol. The molecule has 0 aliphatic carbocycles. The molecule has 0 saturated carbocycles. The van der Waals surface area contributed by atoms with E-state index >= 15 is 0 Å². The lowest BCUT2D eigenvalue weighted by Gasteiger charge is -2.40. The average Bonchev–Trinajstić information content (AvgIpc) is 3.21. The zero-order valence-corrected chi connectivity index (χ0v) is 22.4. The molecule has 1 unspecified atom stereocenters. The number of rotatable bonds is 7. The number of carbonyl (C=O) groups excluding carboxylic acids is 3. The molecule has 8 heteroatoms. The Bertz CT molecular complexity index is 1110. The largest absolute Gasteiger partial charge is 0.465 e. The van der Waals surface area contributed by atoms with Crippen LogP contribution >= 0.6 is 11.8 Å². The van der Waals surface area contributed by atoms with E-state index in [4.69, 9.17) is 4.74 Å². The highest BCUT2D eigenvalue weighted by Crippen LogP contribution is 2.65. The van der Waals surface area contributed by atoms with Crippen LogP contribution in [0.2, 0.25) is 0 Å². The van der Waals surface area contributed by atoms with Crippen LogP contribution in [0, 0.1) is 11.8 Å². The standard InChI is InChI=1S/C29H36N2O5S/c1-3-4-15-30-16-10-14-29-22(23-27(35)36-17-9-8-13-28(23,2)37-29)25(33)31(24(29)26(30)34)21(19-32)18-20-11-6-5-7-12-20/h5-8,10-14,21-24,32H,3-4,9,15-19H2,1-2H3/t21-,22+,23+,24?,28-,29+/m1/s1. The summed E-state index contributed by atoms with van der Waals surface area (Å²) in [5.41, 5.74) is 0.977. The molecule has 1 aromatic rings. The van der Waals surface area contributed by atoms with E-state index in [0.717, 1.165) is 18.4 Å². The molecule has 0 bridgehead atoms. The summed E-state index contributed by atoms with van der Waals surface area (Å²) in [7, 11) is 0. The summed E-state index contributed by atoms with van der Waals surface area (Å²) in [6.45, 7) is 5.15. The van der Waals surface area contributed by atoms with Gasteiger partial charge in [-0.15, -0.1) is 11.8 Å². The number of aliphatic hydroxyl groups is 1. The maximum absolute atomic E-state index is 14.4. The molecule has 7 nitrogen and oxygen atoms in total. The van der Waals surface area contributed by atoms with Gasteiger partial charge in [0.2, 0.25) is 11.8 Å². The maximum Gasteiger partial charge on any atom is 0.311 e. The fourth-order valence-electron chi connectivity index (χ4n) is 6.55. The van der Waals surface area contributed by atoms with Crippen molar-refractivity contribution >= 4 is 29.5 Å². The molecule has 2 saturated heterocycles. The van der Waals surface area contributed by atoms with Gasteiger partial charge >= 0.3 is 5.97 Å². The Morgan fingerprint density at radius 2 is 1.89 bits per heavy atom. The van der Waals surface area contributed by atoms with Gasteiger partial charge in [-0.3, -0.25) is 14.4 Å². The first-order valence-electron chi connectivity index (χ1n) is 13.3. The minimum absolute atomic E-state index is 0.108. The lowest BCUT2D eigenvalue weighted by Crippen LogP contribution is -2.57. The minimum atomic E-state index is -0.924. The first-order chi connectivity index (χ1) is 17.9. The maximum atomic E-state index is 14.4. The first kappa shape index (κ1) is 26.0. The van der Waals surface area contributed by atoms with Gasteiger partial charge in [0.05, 0.1) is 35.8 Å². The normalized spacial score (nSPS) is 33.8. The van der Waals surface area contributed by atoms with Crippen molar-refractivity contribution in [3.63, 3.8) is 0 Å². The number of ether oxygens (including phenoxy) is 1. The van der Waals surface area contributed by atoms with Gasteiger partial charge in [0.1, 0.15) is 6.04 Å². The fraction of sp³-hybridized carbons (Fsp3) is 0.552. The molecular formula is C29H36N2O5S. The van der Waals surface area contributed by atoms with E-state index in [1.54, 1.807) is 16.7 Å². The summed E-state index contributed by atoms with van der Waals surface area (Å²) in [6.07, 6.45) is 10.9. The van der Waals surface area contributed by atoms with E-state index in [1.807, 2.05) is 66.5 Å². The second kappa shape index (κ2) is 10.3. The topological polar surface area (TPSA) is 87.2 Å². The highest BCUT2D eigenvalue weighted by Gasteiger charge is 2.74. The molecular weight excluding hydrogens is 488 g/mol. The van der Waals surface area contributed by atoms with Crippen LogP contribution in [-0.2, 0) is 25.5 Å². The summed E-state index contributed by atoms with van der Waals surface area (Å²) in [4.78, 5) is 45.6. The Labute approximate surface area is 222 Å². The van der Waals surface area contributed by atoms with Gasteiger partial charge < -0.3 is 19.6 Å². The van der Waals surface area contributed by atoms with Crippen LogP contribution in [0.15, 0.2) is 54.6 Å². The number of benzene rings is 1. The van der Waals surface area contributed by atoms with Crippen LogP contribution < -0.4 is 0 Å². The number of amides is 2. The summed E-state index contributed by atoms with van der Waals surface area (Å²) in [5, 5.41) is 10.6. The Hall–Kier alpha value is -2.58. The van der Waals surface area contributed by atoms with Crippen molar-refractivity contribution in [1.29, 1.82) is 0 Å². The van der Waals surface area contributed by atoms with Crippen LogP contribution in [0.25, 0.3) is 0 Å². The second-order valence-corrected chi connectivity index (χ2v) is 12.5. The second-order valence-electron chi connectivity index (χ2n) is 10.7. The summed E-state index contributed by atoms with van der Waals surface area (Å²) in [5.74, 6) is -2.21. The monoisotopic (exact) mass is 524 g/mol. The molecule has 1 aromatic carbocycles. The molecule has 37 heavy (non-hydrogen) atoms. The van der Waals surface area contributed by atoms with E-state index in [-0.39, 0.29) is 31.0 Å². The van der Waals surface area contributed by atoms with Crippen molar-refractivity contribution < 1.29 is 24.2 Å². The summed E-state index contributed by atoms with van der Waals surface area (Å²) >= 11 is 1.54. The molecule has 2 amide bonds. The minimum Gasteiger partial charge on any atom is -0.465 e. The third kappa shape index (κ3) is 4.32. The number of fused-ring (bicyclic) bond motifs is 2. The third-order valence-electron chi connectivity index (χ3n) is 8.24. The SMILES string of the molecule is CCCCN1CC=C[C@]23S[C@]4(C)C=CCCOC(=O)[C@@H]4[C@H]2C(=O)N([C@@H](CO)Cc2ccccc2)C3C1=O. The van der Waals surface area contributed by atoms with E-state index in [2.05, 4.69) is 6.92 Å². The number of carbonyl (C=O) groups is 3. The van der Waals surface area contributed by atoms with Gasteiger partial charge in [-0.2, -0.15) is 0 Å². The Morgan fingerprint density at radius 1 is 1.11 bits per heavy atom. The molecule has 0 radical (unpaired) electrons. The molecule has 1 N–H and O–H groups in total. The number of nitrogens with zero attached hydrogens (tertiary/aromatic N) is 2. The van der Waals surface area contributed by atoms with E-state index in [0.29, 0.717) is 25.9 Å². The summed E-state index contributed by atoms with van der Waals surface area (Å²) < 4.78 is 4.00. The molecule has 4 heterocycles. The van der Waals surface area contributed by atoms with E-state index in [9.17, 15) is 19.5 Å². The van der Waals surface area contributed by atoms with Crippen molar-refractivity contribution in [3.05, 3.63) is 60.2 Å². The number of hydrogen-bond donors (Lipinski definition) is 1. The lowest BCUT2D eigenvalue weighted by molar-refractivity contribution is -0.154. The molecule has 0 aromatic heterocycles. The predicted octanol–water partition coefficient (Wildman–Crippen LogP) is 2.98. The quantitative estimate of drug-likeness (QED) is 0.436. The van der Waals surface area contributed by atoms with Crippen molar-refractivity contribution in [1.82, 2.24) is 9.80 Å². The smallest absolute Gasteiger partial charge is 0.311 e. The fourth-order valence-corrected chi connectivity index (χ4v) is 8.69. The molecule has 5 rings (SSSR count). The van der Waals surface area contributed by atoms with Crippen LogP contribution in [0.4, 0.5) is 0 Å². The van der Waals surface area contributed by atoms with Crippen molar-refractivity contribution in [2.45, 2.75) is 61.1 Å². The number of hydrogen-bond acceptors (Lipinski definition) is 6. The van der Waals surface area contributed by atoms with Crippen molar-refractivity contribution in [2.75, 3.05) is 26.3 Å². The number of unbranched alkanes of at least 4 members (excludes halogenated alkanes) is 1. The number of thioether (sulfide) groups is 1. The molecule has 6 atom stereocenters. The van der Waals surface area contributed by atoms with Crippen molar-refractivity contribution in [3.8, 4) is 0 Å². The number of aliphatic hydroxyl groups excluding tert-OH is 1. The number of likely N-dealkylation sites (tertiary alicyclic amines) is 1. The van der Waals surface area contributed by atoms with Gasteiger partial charge in [0.25, 0.3) is 0 Å². The molecule has 2 fully saturated rings. The van der Waals surface area contributed by atoms with Crippen molar-refractivity contribution in [2.24, 2.45) is 11.8 Å². The van der Waals surface area contributed by atoms with Crippen LogP contribution in [0.1, 0.15) is 38.7 Å². The summed E-state index contributed by atoms with van der Waals surface area (Å²) in [6, 6.07) is 8.31. The van der Waals surface area contributed by atoms with Gasteiger partial charge in [0.15, 0.2) is 0 Å². The first-order valence-corrected chi connectivity index (χ1v) is 14.2. The molecule has 1 spiro atoms. The number of cyclic esters (lactones) is 1. The van der Waals surface area contributed by atoms with Crippen LogP contribution in [0.3, 0.4) is 0 Å². The van der Waals surface area contributed by atoms with Crippen LogP contribution in [-0.4, -0.2) is 80.6 Å². The van der Waals surface area contributed by atoms with E-state index in [1.165, 1.54) is 0 Å². The zero-order chi connectivity index (χ0) is 26.2. The molecule has 4 aliphatic heterocycles. The van der Waals surface area contributed by atoms with Crippen LogP contribution in [0.5, 0.6) is 0 Å². The highest BCUT2D eigenvalue weighted by molar-refractivity contribution is 8.02. The number of esters is 1. The molecule has 198 valence electrons. The van der Waals surface area contributed by atoms with E-state index < -0.39 is 33.4 Å². The Kier molecular flexibility index (Phi) is 7.24. The van der Waals surface area contributed by atoms with Gasteiger partial charge in [-0.05, 0) is 31.7 Å². The van der Waals surface area contributed by atoms with Gasteiger partial charge in [-0.1, -0.05) is 68.0 Å². The zero-order valence-electron chi connectivity index (χ0n) is 21.5. The third-order valence-corrected chi connectivity index (χ3v) is 10.0. The molecule has 4 aliphatic rings. The Balaban J connectivity index is 1.63. The van der Waals surface area contributed by atoms with Gasteiger partial charge in [-0.25, -0.2) is 0 Å². The van der Waals surface area contributed by atoms with Gasteiger partial charge in [0, 0.05) is 17.8 Å². The lowest BCUT2D eigenvalue weighted by atomic mass is 9.74. The average molecular weight is 525 g/mol.